The van der Waals surface area contributed by atoms with Gasteiger partial charge in [0.1, 0.15) is 6.54 Å². The second-order valence-corrected chi connectivity index (χ2v) is 7.18. The van der Waals surface area contributed by atoms with E-state index in [0.29, 0.717) is 10.5 Å². The molecule has 0 saturated heterocycles. The highest BCUT2D eigenvalue weighted by atomic mass is 32.2. The van der Waals surface area contributed by atoms with Crippen molar-refractivity contribution in [1.82, 2.24) is 4.90 Å². The van der Waals surface area contributed by atoms with Gasteiger partial charge in [-0.25, -0.2) is 8.42 Å². The van der Waals surface area contributed by atoms with Crippen LogP contribution in [0.4, 0.5) is 13.2 Å². The molecule has 0 bridgehead atoms. The fourth-order valence-electron chi connectivity index (χ4n) is 1.89. The summed E-state index contributed by atoms with van der Waals surface area (Å²) < 4.78 is 60.7. The number of hydrogen-bond donors (Lipinski definition) is 0. The Morgan fingerprint density at radius 3 is 2.26 bits per heavy atom. The molecule has 0 saturated carbocycles. The van der Waals surface area contributed by atoms with Crippen LogP contribution in [0, 0.1) is 0 Å². The van der Waals surface area contributed by atoms with Crippen molar-refractivity contribution >= 4 is 15.7 Å². The number of carbonyl (C=O) groups is 1. The summed E-state index contributed by atoms with van der Waals surface area (Å²) in [6.07, 6.45) is -3.51. The topological polar surface area (TPSA) is 54.5 Å². The van der Waals surface area contributed by atoms with Gasteiger partial charge < -0.3 is 4.90 Å². The molecule has 1 aromatic carbocycles. The van der Waals surface area contributed by atoms with Crippen LogP contribution in [0.1, 0.15) is 12.5 Å². The molecule has 23 heavy (non-hydrogen) atoms. The van der Waals surface area contributed by atoms with Crippen LogP contribution >= 0.6 is 0 Å². The van der Waals surface area contributed by atoms with Gasteiger partial charge in [0.15, 0.2) is 9.84 Å². The Hall–Kier alpha value is -1.83. The minimum Gasteiger partial charge on any atom is -0.330 e. The van der Waals surface area contributed by atoms with Crippen molar-refractivity contribution in [2.75, 3.05) is 18.8 Å². The zero-order valence-corrected chi connectivity index (χ0v) is 13.5. The average Bonchev–Trinajstić information content (AvgIpc) is 2.46. The Bertz CT molecular complexity index is 652. The van der Waals surface area contributed by atoms with E-state index in [9.17, 15) is 26.4 Å². The second-order valence-electron chi connectivity index (χ2n) is 4.90. The molecule has 0 atom stereocenters. The first-order chi connectivity index (χ1) is 10.6. The van der Waals surface area contributed by atoms with Gasteiger partial charge in [-0.1, -0.05) is 25.1 Å². The largest absolute Gasteiger partial charge is 0.406 e. The molecule has 4 nitrogen and oxygen atoms in total. The van der Waals surface area contributed by atoms with Crippen LogP contribution in [0.5, 0.6) is 0 Å². The molecule has 0 spiro atoms. The first kappa shape index (κ1) is 19.2. The summed E-state index contributed by atoms with van der Waals surface area (Å²) in [6.45, 7) is 3.30. The maximum atomic E-state index is 12.5. The van der Waals surface area contributed by atoms with Gasteiger partial charge in [0.2, 0.25) is 5.91 Å². The predicted octanol–water partition coefficient (Wildman–Crippen LogP) is 2.60. The standard InChI is InChI=1S/C15H18F3NO3S/c1-3-9-19(11-15(16,17)18)14(20)10-12-5-7-13(8-6-12)23(21,22)4-2/h3,5-8H,1,4,9-11H2,2H3. The van der Waals surface area contributed by atoms with Crippen molar-refractivity contribution in [3.05, 3.63) is 42.5 Å². The lowest BCUT2D eigenvalue weighted by atomic mass is 10.1. The van der Waals surface area contributed by atoms with Crippen LogP contribution in [0.15, 0.2) is 41.8 Å². The number of sulfone groups is 1. The fraction of sp³-hybridized carbons (Fsp3) is 0.400. The van der Waals surface area contributed by atoms with Gasteiger partial charge in [0.25, 0.3) is 0 Å². The number of hydrogen-bond acceptors (Lipinski definition) is 3. The Balaban J connectivity index is 2.85. The third kappa shape index (κ3) is 6.05. The van der Waals surface area contributed by atoms with Crippen molar-refractivity contribution in [3.8, 4) is 0 Å². The summed E-state index contributed by atoms with van der Waals surface area (Å²) in [7, 11) is -3.35. The molecule has 0 aromatic heterocycles. The lowest BCUT2D eigenvalue weighted by molar-refractivity contribution is -0.159. The van der Waals surface area contributed by atoms with Gasteiger partial charge in [-0.2, -0.15) is 13.2 Å². The van der Waals surface area contributed by atoms with Crippen LogP contribution < -0.4 is 0 Å². The molecule has 0 aliphatic carbocycles. The Kier molecular flexibility index (Phi) is 6.37. The van der Waals surface area contributed by atoms with E-state index >= 15 is 0 Å². The van der Waals surface area contributed by atoms with Crippen molar-refractivity contribution in [1.29, 1.82) is 0 Å². The van der Waals surface area contributed by atoms with E-state index < -0.39 is 28.5 Å². The number of benzene rings is 1. The molecule has 1 rings (SSSR count). The highest BCUT2D eigenvalue weighted by molar-refractivity contribution is 7.91. The highest BCUT2D eigenvalue weighted by Gasteiger charge is 2.32. The molecule has 0 aliphatic rings. The van der Waals surface area contributed by atoms with Gasteiger partial charge in [0.05, 0.1) is 17.1 Å². The maximum absolute atomic E-state index is 12.5. The first-order valence-corrected chi connectivity index (χ1v) is 8.51. The number of halogens is 3. The minimum atomic E-state index is -4.49. The van der Waals surface area contributed by atoms with E-state index in [1.165, 1.54) is 37.3 Å². The van der Waals surface area contributed by atoms with Crippen LogP contribution in [-0.4, -0.2) is 44.2 Å². The number of nitrogens with zero attached hydrogens (tertiary/aromatic N) is 1. The molecule has 8 heteroatoms. The summed E-state index contributed by atoms with van der Waals surface area (Å²) in [5, 5.41) is 0. The zero-order chi connectivity index (χ0) is 17.7. The number of carbonyl (C=O) groups excluding carboxylic acids is 1. The summed E-state index contributed by atoms with van der Waals surface area (Å²) in [5.74, 6) is -0.752. The third-order valence-electron chi connectivity index (χ3n) is 3.09. The monoisotopic (exact) mass is 349 g/mol. The van der Waals surface area contributed by atoms with E-state index in [2.05, 4.69) is 6.58 Å². The van der Waals surface area contributed by atoms with Gasteiger partial charge >= 0.3 is 6.18 Å². The number of amides is 1. The molecule has 0 unspecified atom stereocenters. The fourth-order valence-corrected chi connectivity index (χ4v) is 2.78. The van der Waals surface area contributed by atoms with E-state index in [1.54, 1.807) is 0 Å². The van der Waals surface area contributed by atoms with Crippen molar-refractivity contribution < 1.29 is 26.4 Å². The maximum Gasteiger partial charge on any atom is 0.406 e. The molecular formula is C15H18F3NO3S. The quantitative estimate of drug-likeness (QED) is 0.711. The van der Waals surface area contributed by atoms with Gasteiger partial charge in [-0.15, -0.1) is 6.58 Å². The molecule has 0 radical (unpaired) electrons. The van der Waals surface area contributed by atoms with Crippen molar-refractivity contribution in [2.24, 2.45) is 0 Å². The molecule has 0 aliphatic heterocycles. The normalized spacial score (nSPS) is 12.0. The summed E-state index contributed by atoms with van der Waals surface area (Å²) >= 11 is 0. The Morgan fingerprint density at radius 1 is 1.26 bits per heavy atom. The van der Waals surface area contributed by atoms with Crippen LogP contribution in [0.2, 0.25) is 0 Å². The van der Waals surface area contributed by atoms with Crippen molar-refractivity contribution in [2.45, 2.75) is 24.4 Å². The number of rotatable bonds is 7. The molecule has 1 amide bonds. The van der Waals surface area contributed by atoms with E-state index in [1.807, 2.05) is 0 Å². The van der Waals surface area contributed by atoms with E-state index in [-0.39, 0.29) is 23.6 Å². The lowest BCUT2D eigenvalue weighted by Crippen LogP contribution is -2.39. The molecule has 128 valence electrons. The Morgan fingerprint density at radius 2 is 1.83 bits per heavy atom. The molecular weight excluding hydrogens is 331 g/mol. The second kappa shape index (κ2) is 7.63. The molecule has 1 aromatic rings. The van der Waals surface area contributed by atoms with E-state index in [4.69, 9.17) is 0 Å². The SMILES string of the molecule is C=CCN(CC(F)(F)F)C(=O)Cc1ccc(S(=O)(=O)CC)cc1. The lowest BCUT2D eigenvalue weighted by Gasteiger charge is -2.22. The summed E-state index contributed by atoms with van der Waals surface area (Å²) in [5.41, 5.74) is 0.446. The minimum absolute atomic E-state index is 0.0516. The van der Waals surface area contributed by atoms with E-state index in [0.717, 1.165) is 0 Å². The third-order valence-corrected chi connectivity index (χ3v) is 4.84. The van der Waals surface area contributed by atoms with Gasteiger partial charge in [0, 0.05) is 6.54 Å². The van der Waals surface area contributed by atoms with Crippen LogP contribution in [-0.2, 0) is 21.1 Å². The zero-order valence-electron chi connectivity index (χ0n) is 12.6. The van der Waals surface area contributed by atoms with Gasteiger partial charge in [-0.3, -0.25) is 4.79 Å². The molecule has 0 fully saturated rings. The van der Waals surface area contributed by atoms with Crippen molar-refractivity contribution in [3.63, 3.8) is 0 Å². The summed E-state index contributed by atoms with van der Waals surface area (Å²) in [4.78, 5) is 12.8. The Labute approximate surface area is 133 Å². The predicted molar refractivity (Wildman–Crippen MR) is 80.7 cm³/mol. The number of alkyl halides is 3. The average molecular weight is 349 g/mol. The molecule has 0 heterocycles. The highest BCUT2D eigenvalue weighted by Crippen LogP contribution is 2.18. The van der Waals surface area contributed by atoms with Gasteiger partial charge in [-0.05, 0) is 17.7 Å². The smallest absolute Gasteiger partial charge is 0.330 e. The summed E-state index contributed by atoms with van der Waals surface area (Å²) in [6, 6.07) is 5.56. The van der Waals surface area contributed by atoms with Crippen LogP contribution in [0.25, 0.3) is 0 Å². The van der Waals surface area contributed by atoms with Crippen LogP contribution in [0.3, 0.4) is 0 Å². The first-order valence-electron chi connectivity index (χ1n) is 6.86. The molecule has 0 N–H and O–H groups in total.